The quantitative estimate of drug-likeness (QED) is 0.621. The zero-order valence-electron chi connectivity index (χ0n) is 10.1. The lowest BCUT2D eigenvalue weighted by Gasteiger charge is -2.34. The molecule has 0 radical (unpaired) electrons. The van der Waals surface area contributed by atoms with Crippen molar-refractivity contribution in [1.29, 1.82) is 0 Å². The normalized spacial score (nSPS) is 18.6. The second-order valence-electron chi connectivity index (χ2n) is 4.19. The molecule has 1 amide bonds. The van der Waals surface area contributed by atoms with Gasteiger partial charge in [0, 0.05) is 32.7 Å². The number of rotatable bonds is 6. The van der Waals surface area contributed by atoms with Crippen molar-refractivity contribution in [1.82, 2.24) is 15.1 Å². The van der Waals surface area contributed by atoms with Crippen LogP contribution in [0.15, 0.2) is 0 Å². The Hall–Kier alpha value is -0.650. The van der Waals surface area contributed by atoms with Gasteiger partial charge in [-0.1, -0.05) is 6.92 Å². The predicted molar refractivity (Wildman–Crippen MR) is 63.3 cm³/mol. The van der Waals surface area contributed by atoms with Crippen LogP contribution in [0.1, 0.15) is 13.3 Å². The molecule has 0 bridgehead atoms. The average molecular weight is 229 g/mol. The lowest BCUT2D eigenvalue weighted by Crippen LogP contribution is -2.49. The van der Waals surface area contributed by atoms with E-state index >= 15 is 0 Å². The van der Waals surface area contributed by atoms with Gasteiger partial charge < -0.3 is 15.3 Å². The number of amides is 1. The fourth-order valence-corrected chi connectivity index (χ4v) is 1.94. The van der Waals surface area contributed by atoms with E-state index in [0.717, 1.165) is 32.7 Å². The molecule has 0 aromatic rings. The van der Waals surface area contributed by atoms with Crippen LogP contribution in [-0.2, 0) is 4.79 Å². The highest BCUT2D eigenvalue weighted by molar-refractivity contribution is 5.77. The smallest absolute Gasteiger partial charge is 0.234 e. The molecule has 5 nitrogen and oxygen atoms in total. The average Bonchev–Trinajstić information content (AvgIpc) is 2.29. The molecule has 1 aliphatic rings. The zero-order chi connectivity index (χ0) is 11.8. The van der Waals surface area contributed by atoms with Crippen molar-refractivity contribution < 1.29 is 9.90 Å². The molecule has 1 saturated heterocycles. The summed E-state index contributed by atoms with van der Waals surface area (Å²) < 4.78 is 0. The van der Waals surface area contributed by atoms with Crippen LogP contribution >= 0.6 is 0 Å². The van der Waals surface area contributed by atoms with Crippen molar-refractivity contribution in [3.63, 3.8) is 0 Å². The van der Waals surface area contributed by atoms with Crippen LogP contribution in [0.2, 0.25) is 0 Å². The summed E-state index contributed by atoms with van der Waals surface area (Å²) in [5.74, 6) is 0.0120. The highest BCUT2D eigenvalue weighted by atomic mass is 16.3. The van der Waals surface area contributed by atoms with Gasteiger partial charge in [0.25, 0.3) is 0 Å². The van der Waals surface area contributed by atoms with Gasteiger partial charge in [0.2, 0.25) is 5.91 Å². The molecule has 16 heavy (non-hydrogen) atoms. The first-order valence-electron chi connectivity index (χ1n) is 6.08. The molecule has 1 fully saturated rings. The first kappa shape index (κ1) is 13.4. The number of carbonyl (C=O) groups excluding carboxylic acids is 1. The zero-order valence-corrected chi connectivity index (χ0v) is 10.1. The molecule has 2 N–H and O–H groups in total. The van der Waals surface area contributed by atoms with E-state index < -0.39 is 0 Å². The third-order valence-electron chi connectivity index (χ3n) is 2.81. The topological polar surface area (TPSA) is 55.8 Å². The van der Waals surface area contributed by atoms with Crippen molar-refractivity contribution in [3.8, 4) is 0 Å². The van der Waals surface area contributed by atoms with Gasteiger partial charge in [0.05, 0.1) is 13.2 Å². The number of aliphatic hydroxyl groups is 1. The number of nitrogens with one attached hydrogen (secondary N) is 1. The third-order valence-corrected chi connectivity index (χ3v) is 2.81. The van der Waals surface area contributed by atoms with Gasteiger partial charge in [-0.05, 0) is 13.0 Å². The maximum atomic E-state index is 11.4. The molecule has 0 saturated carbocycles. The summed E-state index contributed by atoms with van der Waals surface area (Å²) in [6, 6.07) is 0. The van der Waals surface area contributed by atoms with Crippen molar-refractivity contribution in [3.05, 3.63) is 0 Å². The van der Waals surface area contributed by atoms with E-state index in [2.05, 4.69) is 22.0 Å². The van der Waals surface area contributed by atoms with Crippen LogP contribution in [0.3, 0.4) is 0 Å². The molecule has 0 spiro atoms. The van der Waals surface area contributed by atoms with Crippen molar-refractivity contribution >= 4 is 5.91 Å². The number of piperazine rings is 1. The summed E-state index contributed by atoms with van der Waals surface area (Å²) in [5, 5.41) is 11.3. The van der Waals surface area contributed by atoms with Gasteiger partial charge in [-0.2, -0.15) is 0 Å². The monoisotopic (exact) mass is 229 g/mol. The van der Waals surface area contributed by atoms with Gasteiger partial charge in [-0.3, -0.25) is 9.69 Å². The molecule has 0 aromatic carbocycles. The Labute approximate surface area is 97.4 Å². The van der Waals surface area contributed by atoms with Gasteiger partial charge in [-0.25, -0.2) is 0 Å². The maximum Gasteiger partial charge on any atom is 0.234 e. The van der Waals surface area contributed by atoms with E-state index in [9.17, 15) is 4.79 Å². The number of hydrogen-bond acceptors (Lipinski definition) is 4. The molecule has 0 unspecified atom stereocenters. The molecule has 0 aliphatic carbocycles. The number of nitrogens with zero attached hydrogens (tertiary/aromatic N) is 2. The van der Waals surface area contributed by atoms with E-state index in [1.165, 1.54) is 6.42 Å². The van der Waals surface area contributed by atoms with Crippen LogP contribution in [0.5, 0.6) is 0 Å². The molecule has 1 heterocycles. The third kappa shape index (κ3) is 4.92. The Morgan fingerprint density at radius 2 is 1.88 bits per heavy atom. The Kier molecular flexibility index (Phi) is 6.37. The van der Waals surface area contributed by atoms with Crippen LogP contribution < -0.4 is 5.32 Å². The largest absolute Gasteiger partial charge is 0.395 e. The fourth-order valence-electron chi connectivity index (χ4n) is 1.94. The van der Waals surface area contributed by atoms with Gasteiger partial charge in [0.15, 0.2) is 0 Å². The first-order chi connectivity index (χ1) is 7.76. The minimum absolute atomic E-state index is 0.00994. The fraction of sp³-hybridized carbons (Fsp3) is 0.909. The molecule has 1 aliphatic heterocycles. The molecule has 1 rings (SSSR count). The first-order valence-corrected chi connectivity index (χ1v) is 6.08. The van der Waals surface area contributed by atoms with E-state index in [1.54, 1.807) is 0 Å². The van der Waals surface area contributed by atoms with E-state index in [4.69, 9.17) is 5.11 Å². The SMILES string of the molecule is CCCN1CCN(CC(=O)NCCO)CC1. The highest BCUT2D eigenvalue weighted by Gasteiger charge is 2.17. The van der Waals surface area contributed by atoms with Crippen LogP contribution in [0.25, 0.3) is 0 Å². The summed E-state index contributed by atoms with van der Waals surface area (Å²) >= 11 is 0. The van der Waals surface area contributed by atoms with Crippen LogP contribution in [0.4, 0.5) is 0 Å². The van der Waals surface area contributed by atoms with Crippen molar-refractivity contribution in [2.45, 2.75) is 13.3 Å². The Morgan fingerprint density at radius 3 is 2.44 bits per heavy atom. The molecule has 0 aromatic heterocycles. The molecule has 5 heteroatoms. The molecular formula is C11H23N3O2. The molecule has 94 valence electrons. The Morgan fingerprint density at radius 1 is 1.25 bits per heavy atom. The van der Waals surface area contributed by atoms with Crippen molar-refractivity contribution in [2.24, 2.45) is 0 Å². The summed E-state index contributed by atoms with van der Waals surface area (Å²) in [7, 11) is 0. The summed E-state index contributed by atoms with van der Waals surface area (Å²) in [4.78, 5) is 16.0. The minimum Gasteiger partial charge on any atom is -0.395 e. The lowest BCUT2D eigenvalue weighted by atomic mass is 10.3. The molecular weight excluding hydrogens is 206 g/mol. The highest BCUT2D eigenvalue weighted by Crippen LogP contribution is 2.01. The Bertz CT molecular complexity index is 203. The predicted octanol–water partition coefficient (Wildman–Crippen LogP) is -0.877. The van der Waals surface area contributed by atoms with Gasteiger partial charge in [-0.15, -0.1) is 0 Å². The van der Waals surface area contributed by atoms with Gasteiger partial charge >= 0.3 is 0 Å². The standard InChI is InChI=1S/C11H23N3O2/c1-2-4-13-5-7-14(8-6-13)10-11(16)12-3-9-15/h15H,2-10H2,1H3,(H,12,16). The Balaban J connectivity index is 2.14. The van der Waals surface area contributed by atoms with E-state index in [1.807, 2.05) is 0 Å². The summed E-state index contributed by atoms with van der Waals surface area (Å²) in [6.07, 6.45) is 1.19. The maximum absolute atomic E-state index is 11.4. The summed E-state index contributed by atoms with van der Waals surface area (Å²) in [5.41, 5.74) is 0. The number of aliphatic hydroxyl groups excluding tert-OH is 1. The lowest BCUT2D eigenvalue weighted by molar-refractivity contribution is -0.122. The van der Waals surface area contributed by atoms with Gasteiger partial charge in [0.1, 0.15) is 0 Å². The van der Waals surface area contributed by atoms with Crippen LogP contribution in [0, 0.1) is 0 Å². The molecule has 0 atom stereocenters. The number of hydrogen-bond donors (Lipinski definition) is 2. The number of carbonyl (C=O) groups is 1. The van der Waals surface area contributed by atoms with E-state index in [-0.39, 0.29) is 12.5 Å². The second kappa shape index (κ2) is 7.60. The summed E-state index contributed by atoms with van der Waals surface area (Å²) in [6.45, 7) is 8.21. The van der Waals surface area contributed by atoms with Crippen molar-refractivity contribution in [2.75, 3.05) is 52.4 Å². The second-order valence-corrected chi connectivity index (χ2v) is 4.19. The van der Waals surface area contributed by atoms with E-state index in [0.29, 0.717) is 13.1 Å². The van der Waals surface area contributed by atoms with Crippen LogP contribution in [-0.4, -0.2) is 73.2 Å². The minimum atomic E-state index is 0.00994.